The maximum atomic E-state index is 14.6. The predicted octanol–water partition coefficient (Wildman–Crippen LogP) is 5.13. The largest absolute Gasteiger partial charge is 0.573 e. The molecule has 14 heteroatoms. The van der Waals surface area contributed by atoms with Crippen LogP contribution in [0.4, 0.5) is 23.7 Å². The number of nitrogens with one attached hydrogen (secondary N) is 1. The Labute approximate surface area is 250 Å². The molecule has 0 radical (unpaired) electrons. The minimum absolute atomic E-state index is 0.0380. The Morgan fingerprint density at radius 3 is 1.77 bits per heavy atom. The summed E-state index contributed by atoms with van der Waals surface area (Å²) in [6.45, 7) is 6.65. The number of carbonyl (C=O) groups is 4. The quantitative estimate of drug-likeness (QED) is 0.243. The summed E-state index contributed by atoms with van der Waals surface area (Å²) in [6.07, 6.45) is 0.475. The number of aromatic nitrogens is 2. The van der Waals surface area contributed by atoms with Gasteiger partial charge >= 0.3 is 24.3 Å². The SMILES string of the molecule is CCOC(=O)c1cnccc1C(C)C1(C(C)c2ccncc2C(=O)OCC)NC(=O)N(c2ccc(OC(F)(F)F)cc2)C1=O. The molecule has 3 amide bonds. The molecule has 1 aromatic carbocycles. The number of benzene rings is 1. The Kier molecular flexibility index (Phi) is 9.21. The van der Waals surface area contributed by atoms with E-state index in [0.29, 0.717) is 11.1 Å². The summed E-state index contributed by atoms with van der Waals surface area (Å²) in [6, 6.07) is 6.38. The lowest BCUT2D eigenvalue weighted by Crippen LogP contribution is -2.55. The average Bonchev–Trinajstić information content (AvgIpc) is 3.26. The third-order valence-corrected chi connectivity index (χ3v) is 7.40. The van der Waals surface area contributed by atoms with Crippen LogP contribution in [0.2, 0.25) is 0 Å². The highest BCUT2D eigenvalue weighted by atomic mass is 19.4. The van der Waals surface area contributed by atoms with Crippen LogP contribution in [0.5, 0.6) is 5.75 Å². The van der Waals surface area contributed by atoms with Crippen LogP contribution in [-0.4, -0.2) is 59.0 Å². The summed E-state index contributed by atoms with van der Waals surface area (Å²) in [4.78, 5) is 62.8. The molecule has 3 aromatic rings. The maximum Gasteiger partial charge on any atom is 0.573 e. The van der Waals surface area contributed by atoms with E-state index in [4.69, 9.17) is 9.47 Å². The van der Waals surface area contributed by atoms with Gasteiger partial charge in [-0.15, -0.1) is 13.2 Å². The van der Waals surface area contributed by atoms with Crippen molar-refractivity contribution in [2.45, 2.75) is 51.4 Å². The van der Waals surface area contributed by atoms with Crippen LogP contribution in [0, 0.1) is 0 Å². The van der Waals surface area contributed by atoms with E-state index in [0.717, 1.165) is 29.2 Å². The van der Waals surface area contributed by atoms with Gasteiger partial charge in [0.15, 0.2) is 0 Å². The summed E-state index contributed by atoms with van der Waals surface area (Å²) in [7, 11) is 0. The van der Waals surface area contributed by atoms with E-state index in [2.05, 4.69) is 20.0 Å². The number of urea groups is 1. The molecule has 3 heterocycles. The molecule has 1 saturated heterocycles. The van der Waals surface area contributed by atoms with Crippen molar-refractivity contribution in [3.63, 3.8) is 0 Å². The lowest BCUT2D eigenvalue weighted by molar-refractivity contribution is -0.274. The predicted molar refractivity (Wildman–Crippen MR) is 149 cm³/mol. The van der Waals surface area contributed by atoms with E-state index in [9.17, 15) is 32.3 Å². The van der Waals surface area contributed by atoms with Crippen molar-refractivity contribution in [2.75, 3.05) is 18.1 Å². The zero-order valence-corrected chi connectivity index (χ0v) is 24.2. The number of carbonyl (C=O) groups excluding carboxylic acids is 4. The van der Waals surface area contributed by atoms with Crippen LogP contribution in [0.3, 0.4) is 0 Å². The number of rotatable bonds is 10. The van der Waals surface area contributed by atoms with Crippen LogP contribution in [0.25, 0.3) is 0 Å². The first-order valence-electron chi connectivity index (χ1n) is 13.6. The maximum absolute atomic E-state index is 14.6. The molecule has 4 rings (SSSR count). The molecule has 1 N–H and O–H groups in total. The fraction of sp³-hybridized carbons (Fsp3) is 0.333. The second-order valence-corrected chi connectivity index (χ2v) is 9.79. The Hall–Kier alpha value is -5.01. The average molecular weight is 615 g/mol. The number of hydrogen-bond acceptors (Lipinski definition) is 9. The van der Waals surface area contributed by atoms with E-state index < -0.39 is 53.4 Å². The molecule has 1 aliphatic heterocycles. The summed E-state index contributed by atoms with van der Waals surface area (Å²) >= 11 is 0. The highest BCUT2D eigenvalue weighted by molar-refractivity contribution is 6.24. The smallest absolute Gasteiger partial charge is 0.462 e. The van der Waals surface area contributed by atoms with Crippen molar-refractivity contribution in [2.24, 2.45) is 0 Å². The van der Waals surface area contributed by atoms with Crippen LogP contribution in [0.15, 0.2) is 61.2 Å². The molecule has 44 heavy (non-hydrogen) atoms. The zero-order chi connectivity index (χ0) is 32.2. The van der Waals surface area contributed by atoms with Gasteiger partial charge in [-0.3, -0.25) is 14.8 Å². The summed E-state index contributed by atoms with van der Waals surface area (Å²) in [5.41, 5.74) is -1.12. The third-order valence-electron chi connectivity index (χ3n) is 7.40. The topological polar surface area (TPSA) is 137 Å². The number of hydrogen-bond donors (Lipinski definition) is 1. The summed E-state index contributed by atoms with van der Waals surface area (Å²) in [5.74, 6) is -4.63. The Bertz CT molecular complexity index is 1500. The highest BCUT2D eigenvalue weighted by Crippen LogP contribution is 2.46. The van der Waals surface area contributed by atoms with Gasteiger partial charge in [-0.05, 0) is 61.4 Å². The van der Waals surface area contributed by atoms with Gasteiger partial charge in [-0.25, -0.2) is 19.3 Å². The zero-order valence-electron chi connectivity index (χ0n) is 24.2. The fourth-order valence-corrected chi connectivity index (χ4v) is 5.37. The molecule has 0 aliphatic carbocycles. The number of alkyl halides is 3. The Morgan fingerprint density at radius 2 is 1.34 bits per heavy atom. The Morgan fingerprint density at radius 1 is 0.864 bits per heavy atom. The third kappa shape index (κ3) is 6.05. The minimum atomic E-state index is -4.94. The van der Waals surface area contributed by atoms with E-state index >= 15 is 0 Å². The second kappa shape index (κ2) is 12.7. The lowest BCUT2D eigenvalue weighted by atomic mass is 9.68. The number of amides is 3. The van der Waals surface area contributed by atoms with Gasteiger partial charge in [0.05, 0.1) is 30.0 Å². The molecule has 11 nitrogen and oxygen atoms in total. The summed E-state index contributed by atoms with van der Waals surface area (Å²) in [5, 5.41) is 2.79. The van der Waals surface area contributed by atoms with Crippen LogP contribution < -0.4 is 15.0 Å². The normalized spacial score (nSPS) is 17.9. The van der Waals surface area contributed by atoms with Crippen LogP contribution >= 0.6 is 0 Å². The van der Waals surface area contributed by atoms with Crippen LogP contribution in [0.1, 0.15) is 71.4 Å². The number of imide groups is 1. The van der Waals surface area contributed by atoms with Gasteiger partial charge in [-0.2, -0.15) is 0 Å². The standard InChI is InChI=1S/C30H29F3N4O7/c1-5-42-25(38)23-15-34-13-11-21(23)17(3)29(18(4)22-12-14-35-16-24(22)26(39)43-6-2)27(40)37(28(41)36-29)19-7-9-20(10-8-19)44-30(31,32)33/h7-18H,5-6H2,1-4H3,(H,36,41). The lowest BCUT2D eigenvalue weighted by Gasteiger charge is -2.39. The molecule has 0 bridgehead atoms. The van der Waals surface area contributed by atoms with Crippen molar-refractivity contribution in [3.8, 4) is 5.75 Å². The van der Waals surface area contributed by atoms with Gasteiger partial charge < -0.3 is 19.5 Å². The van der Waals surface area contributed by atoms with Crippen LogP contribution in [-0.2, 0) is 14.3 Å². The molecule has 232 valence electrons. The number of esters is 2. The second-order valence-electron chi connectivity index (χ2n) is 9.79. The first-order chi connectivity index (χ1) is 20.9. The van der Waals surface area contributed by atoms with Crippen molar-refractivity contribution in [1.82, 2.24) is 15.3 Å². The van der Waals surface area contributed by atoms with E-state index in [-0.39, 0.29) is 30.0 Å². The fourth-order valence-electron chi connectivity index (χ4n) is 5.37. The Balaban J connectivity index is 1.88. The van der Waals surface area contributed by atoms with E-state index in [1.165, 1.54) is 36.9 Å². The van der Waals surface area contributed by atoms with Crippen molar-refractivity contribution >= 4 is 29.6 Å². The molecular weight excluding hydrogens is 585 g/mol. The number of ether oxygens (including phenoxy) is 3. The van der Waals surface area contributed by atoms with Gasteiger partial charge in [-0.1, -0.05) is 13.8 Å². The van der Waals surface area contributed by atoms with Crippen molar-refractivity contribution in [3.05, 3.63) is 83.4 Å². The number of pyridine rings is 2. The first kappa shape index (κ1) is 31.9. The van der Waals surface area contributed by atoms with Gasteiger partial charge in [0.2, 0.25) is 0 Å². The van der Waals surface area contributed by atoms with Crippen molar-refractivity contribution in [1.29, 1.82) is 0 Å². The molecule has 2 unspecified atom stereocenters. The minimum Gasteiger partial charge on any atom is -0.462 e. The molecule has 1 aliphatic rings. The van der Waals surface area contributed by atoms with Gasteiger partial charge in [0.25, 0.3) is 5.91 Å². The molecule has 0 spiro atoms. The molecule has 2 atom stereocenters. The highest BCUT2D eigenvalue weighted by Gasteiger charge is 2.59. The first-order valence-corrected chi connectivity index (χ1v) is 13.6. The molecule has 2 aromatic heterocycles. The van der Waals surface area contributed by atoms with E-state index in [1.54, 1.807) is 27.7 Å². The number of anilines is 1. The van der Waals surface area contributed by atoms with Gasteiger partial charge in [0.1, 0.15) is 11.3 Å². The number of halogens is 3. The van der Waals surface area contributed by atoms with Gasteiger partial charge in [0, 0.05) is 36.6 Å². The van der Waals surface area contributed by atoms with E-state index in [1.807, 2.05) is 0 Å². The number of nitrogens with zero attached hydrogens (tertiary/aromatic N) is 3. The monoisotopic (exact) mass is 614 g/mol. The molecule has 0 saturated carbocycles. The molecular formula is C30H29F3N4O7. The molecule has 1 fully saturated rings. The summed E-state index contributed by atoms with van der Waals surface area (Å²) < 4.78 is 52.5. The van der Waals surface area contributed by atoms with Crippen molar-refractivity contribution < 1.29 is 46.6 Å².